The molecule has 7 aromatic carbocycles. The summed E-state index contributed by atoms with van der Waals surface area (Å²) in [6.07, 6.45) is 4.79. The lowest BCUT2D eigenvalue weighted by atomic mass is 9.82. The highest BCUT2D eigenvalue weighted by molar-refractivity contribution is 7.25. The number of anilines is 2. The van der Waals surface area contributed by atoms with Crippen LogP contribution >= 0.6 is 11.3 Å². The number of nitrogens with zero attached hydrogens (tertiary/aromatic N) is 2. The number of para-hydroxylation sites is 3. The Hall–Kier alpha value is -6.36. The molecule has 1 aliphatic carbocycles. The van der Waals surface area contributed by atoms with Crippen LogP contribution in [0.1, 0.15) is 22.7 Å². The van der Waals surface area contributed by atoms with Crippen molar-refractivity contribution in [1.29, 1.82) is 0 Å². The van der Waals surface area contributed by atoms with Gasteiger partial charge in [0.2, 0.25) is 0 Å². The van der Waals surface area contributed by atoms with Gasteiger partial charge in [-0.3, -0.25) is 0 Å². The molecule has 52 heavy (non-hydrogen) atoms. The molecular formula is C48H30N2OS. The maximum Gasteiger partial charge on any atom is 0.137 e. The van der Waals surface area contributed by atoms with E-state index in [1.54, 1.807) is 0 Å². The van der Waals surface area contributed by atoms with Crippen LogP contribution in [0.5, 0.6) is 0 Å². The average Bonchev–Trinajstić information content (AvgIpc) is 3.94. The largest absolute Gasteiger partial charge is 0.456 e. The van der Waals surface area contributed by atoms with Gasteiger partial charge in [0.05, 0.1) is 17.3 Å². The Labute approximate surface area is 303 Å². The molecule has 0 saturated heterocycles. The predicted octanol–water partition coefficient (Wildman–Crippen LogP) is 13.2. The van der Waals surface area contributed by atoms with Crippen molar-refractivity contribution >= 4 is 81.8 Å². The Morgan fingerprint density at radius 3 is 2.19 bits per heavy atom. The van der Waals surface area contributed by atoms with E-state index in [9.17, 15) is 0 Å². The summed E-state index contributed by atoms with van der Waals surface area (Å²) in [5.74, 6) is 0.162. The highest BCUT2D eigenvalue weighted by Gasteiger charge is 2.43. The number of rotatable bonds is 3. The summed E-state index contributed by atoms with van der Waals surface area (Å²) in [4.78, 5) is 2.53. The van der Waals surface area contributed by atoms with Crippen LogP contribution < -0.4 is 4.90 Å². The second kappa shape index (κ2) is 10.6. The van der Waals surface area contributed by atoms with E-state index in [0.717, 1.165) is 27.6 Å². The van der Waals surface area contributed by atoms with Crippen molar-refractivity contribution in [3.63, 3.8) is 0 Å². The lowest BCUT2D eigenvalue weighted by Gasteiger charge is -2.31. The fourth-order valence-corrected chi connectivity index (χ4v) is 10.3. The van der Waals surface area contributed by atoms with Gasteiger partial charge in [0.15, 0.2) is 0 Å². The molecule has 0 radical (unpaired) electrons. The molecule has 244 valence electrons. The third-order valence-corrected chi connectivity index (χ3v) is 12.5. The fraction of sp³-hybridized carbons (Fsp3) is 0.0417. The Morgan fingerprint density at radius 1 is 0.519 bits per heavy atom. The van der Waals surface area contributed by atoms with Crippen LogP contribution in [0, 0.1) is 0 Å². The molecule has 2 atom stereocenters. The van der Waals surface area contributed by atoms with Gasteiger partial charge in [-0.2, -0.15) is 0 Å². The molecule has 2 unspecified atom stereocenters. The topological polar surface area (TPSA) is 21.3 Å². The molecule has 0 fully saturated rings. The number of benzene rings is 7. The first-order chi connectivity index (χ1) is 25.8. The standard InChI is InChI=1S/C48H30N2OS/c1-2-10-31(11-3-1)49-39-15-7-4-14-37(39)47-41(49)24-25-42-48(47)38-26-29(30-18-21-36-35-13-6-9-17-45(35)52-46(36)27-30)19-23-40(38)50(42)32-20-22-34-33-12-5-8-16-43(33)51-44(34)28-32/h1-28,41,47H. The van der Waals surface area contributed by atoms with Crippen molar-refractivity contribution in [1.82, 2.24) is 4.57 Å². The van der Waals surface area contributed by atoms with Crippen molar-refractivity contribution in [2.45, 2.75) is 12.0 Å². The van der Waals surface area contributed by atoms with E-state index in [1.165, 1.54) is 70.4 Å². The highest BCUT2D eigenvalue weighted by atomic mass is 32.1. The van der Waals surface area contributed by atoms with Crippen molar-refractivity contribution in [3.05, 3.63) is 181 Å². The molecule has 0 amide bonds. The Morgan fingerprint density at radius 2 is 1.25 bits per heavy atom. The minimum atomic E-state index is 0.155. The molecule has 0 bridgehead atoms. The van der Waals surface area contributed by atoms with Gasteiger partial charge in [-0.1, -0.05) is 97.1 Å². The first-order valence-corrected chi connectivity index (χ1v) is 18.7. The van der Waals surface area contributed by atoms with Gasteiger partial charge in [-0.15, -0.1) is 11.3 Å². The molecule has 3 aromatic heterocycles. The van der Waals surface area contributed by atoms with Crippen LogP contribution in [0.3, 0.4) is 0 Å². The van der Waals surface area contributed by atoms with Crippen LogP contribution in [-0.4, -0.2) is 10.6 Å². The smallest absolute Gasteiger partial charge is 0.137 e. The molecule has 12 rings (SSSR count). The molecule has 0 spiro atoms. The number of fused-ring (bicyclic) bond motifs is 13. The van der Waals surface area contributed by atoms with Crippen LogP contribution in [0.15, 0.2) is 168 Å². The molecule has 0 N–H and O–H groups in total. The highest BCUT2D eigenvalue weighted by Crippen LogP contribution is 2.54. The monoisotopic (exact) mass is 682 g/mol. The normalized spacial score (nSPS) is 16.3. The molecule has 1 aliphatic heterocycles. The third-order valence-electron chi connectivity index (χ3n) is 11.3. The summed E-state index contributed by atoms with van der Waals surface area (Å²) in [6, 6.07) is 57.8. The summed E-state index contributed by atoms with van der Waals surface area (Å²) in [7, 11) is 0. The van der Waals surface area contributed by atoms with Gasteiger partial charge < -0.3 is 13.9 Å². The van der Waals surface area contributed by atoms with Crippen LogP contribution in [0.2, 0.25) is 0 Å². The van der Waals surface area contributed by atoms with Gasteiger partial charge in [-0.25, -0.2) is 0 Å². The number of thiophene rings is 1. The van der Waals surface area contributed by atoms with Gasteiger partial charge in [0.25, 0.3) is 0 Å². The minimum Gasteiger partial charge on any atom is -0.456 e. The Kier molecular flexibility index (Phi) is 5.77. The van der Waals surface area contributed by atoms with E-state index < -0.39 is 0 Å². The molecule has 0 saturated carbocycles. The molecule has 4 heterocycles. The zero-order valence-electron chi connectivity index (χ0n) is 28.0. The Bertz CT molecular complexity index is 3110. The summed E-state index contributed by atoms with van der Waals surface area (Å²) in [5, 5.41) is 6.24. The van der Waals surface area contributed by atoms with Crippen molar-refractivity contribution in [2.75, 3.05) is 4.90 Å². The van der Waals surface area contributed by atoms with E-state index in [-0.39, 0.29) is 12.0 Å². The second-order valence-electron chi connectivity index (χ2n) is 14.0. The van der Waals surface area contributed by atoms with E-state index in [1.807, 2.05) is 17.4 Å². The first-order valence-electron chi connectivity index (χ1n) is 17.9. The van der Waals surface area contributed by atoms with E-state index in [4.69, 9.17) is 4.42 Å². The van der Waals surface area contributed by atoms with Gasteiger partial charge in [0.1, 0.15) is 11.2 Å². The lowest BCUT2D eigenvalue weighted by molar-refractivity contribution is 0.668. The molecule has 10 aromatic rings. The maximum absolute atomic E-state index is 6.42. The van der Waals surface area contributed by atoms with Crippen molar-refractivity contribution < 1.29 is 4.42 Å². The summed E-state index contributed by atoms with van der Waals surface area (Å²) < 4.78 is 11.5. The predicted molar refractivity (Wildman–Crippen MR) is 219 cm³/mol. The zero-order chi connectivity index (χ0) is 33.9. The molecular weight excluding hydrogens is 653 g/mol. The first kappa shape index (κ1) is 28.3. The van der Waals surface area contributed by atoms with Crippen LogP contribution in [0.4, 0.5) is 11.4 Å². The Balaban J connectivity index is 1.11. The van der Waals surface area contributed by atoms with E-state index >= 15 is 0 Å². The minimum absolute atomic E-state index is 0.155. The molecule has 4 heteroatoms. The van der Waals surface area contributed by atoms with E-state index in [0.29, 0.717) is 0 Å². The average molecular weight is 683 g/mol. The summed E-state index contributed by atoms with van der Waals surface area (Å²) in [5.41, 5.74) is 13.1. The maximum atomic E-state index is 6.42. The zero-order valence-corrected chi connectivity index (χ0v) is 28.8. The number of hydrogen-bond acceptors (Lipinski definition) is 3. The van der Waals surface area contributed by atoms with Crippen molar-refractivity contribution in [3.8, 4) is 16.8 Å². The quantitative estimate of drug-likeness (QED) is 0.185. The summed E-state index contributed by atoms with van der Waals surface area (Å²) >= 11 is 1.88. The van der Waals surface area contributed by atoms with Crippen LogP contribution in [0.25, 0.3) is 75.9 Å². The fourth-order valence-electron chi connectivity index (χ4n) is 9.12. The SMILES string of the molecule is C1=CC2C(c3ccccc3N2c2ccccc2)c2c1n(-c1ccc3c(c1)oc1ccccc13)c1ccc(-c3ccc4c(c3)sc3ccccc34)cc21. The van der Waals surface area contributed by atoms with Crippen molar-refractivity contribution in [2.24, 2.45) is 0 Å². The lowest BCUT2D eigenvalue weighted by Crippen LogP contribution is -2.30. The van der Waals surface area contributed by atoms with Gasteiger partial charge in [0, 0.05) is 65.4 Å². The number of aromatic nitrogens is 1. The van der Waals surface area contributed by atoms with Crippen LogP contribution in [-0.2, 0) is 0 Å². The molecule has 3 nitrogen and oxygen atoms in total. The number of furan rings is 1. The second-order valence-corrected chi connectivity index (χ2v) is 15.1. The molecule has 2 aliphatic rings. The summed E-state index contributed by atoms with van der Waals surface area (Å²) in [6.45, 7) is 0. The number of hydrogen-bond donors (Lipinski definition) is 0. The third kappa shape index (κ3) is 3.90. The van der Waals surface area contributed by atoms with E-state index in [2.05, 4.69) is 173 Å². The van der Waals surface area contributed by atoms with Gasteiger partial charge in [-0.05, 0) is 89.0 Å². The van der Waals surface area contributed by atoms with Gasteiger partial charge >= 0.3 is 0 Å².